The molecule has 5 nitrogen and oxygen atoms in total. The van der Waals surface area contributed by atoms with Crippen LogP contribution in [0.1, 0.15) is 12.0 Å². The molecule has 2 rings (SSSR count). The lowest BCUT2D eigenvalue weighted by Gasteiger charge is -2.12. The van der Waals surface area contributed by atoms with Gasteiger partial charge in [-0.25, -0.2) is 9.59 Å². The Morgan fingerprint density at radius 2 is 2.25 bits per heavy atom. The van der Waals surface area contributed by atoms with Crippen molar-refractivity contribution in [1.82, 2.24) is 5.32 Å². The van der Waals surface area contributed by atoms with E-state index in [1.807, 2.05) is 11.8 Å². The molecule has 1 aliphatic heterocycles. The first kappa shape index (κ1) is 14.5. The number of aliphatic carboxylic acids is 1. The average Bonchev–Trinajstić information content (AvgIpc) is 2.89. The van der Waals surface area contributed by atoms with E-state index in [1.54, 1.807) is 24.3 Å². The lowest BCUT2D eigenvalue weighted by Crippen LogP contribution is -2.37. The summed E-state index contributed by atoms with van der Waals surface area (Å²) in [6, 6.07) is 7.04. The van der Waals surface area contributed by atoms with Gasteiger partial charge in [-0.1, -0.05) is 12.1 Å². The molecule has 1 aromatic carbocycles. The van der Waals surface area contributed by atoms with Crippen LogP contribution >= 0.6 is 11.8 Å². The number of nitrogens with one attached hydrogen (secondary N) is 2. The number of hydrogen-bond donors (Lipinski definition) is 3. The summed E-state index contributed by atoms with van der Waals surface area (Å²) in [7, 11) is 0. The second-order valence-corrected chi connectivity index (χ2v) is 5.61. The molecule has 20 heavy (non-hydrogen) atoms. The maximum absolute atomic E-state index is 11.8. The van der Waals surface area contributed by atoms with Gasteiger partial charge in [0.1, 0.15) is 0 Å². The molecule has 2 amide bonds. The van der Waals surface area contributed by atoms with E-state index in [2.05, 4.69) is 10.6 Å². The predicted molar refractivity (Wildman–Crippen MR) is 81.0 cm³/mol. The van der Waals surface area contributed by atoms with Crippen molar-refractivity contribution >= 4 is 35.5 Å². The summed E-state index contributed by atoms with van der Waals surface area (Å²) in [5.74, 6) is 1.04. The number of rotatable bonds is 4. The number of carbonyl (C=O) groups is 2. The third-order valence-corrected chi connectivity index (χ3v) is 3.99. The van der Waals surface area contributed by atoms with Crippen LogP contribution in [0.4, 0.5) is 10.5 Å². The van der Waals surface area contributed by atoms with Crippen molar-refractivity contribution in [1.29, 1.82) is 0 Å². The van der Waals surface area contributed by atoms with Crippen molar-refractivity contribution in [3.8, 4) is 0 Å². The van der Waals surface area contributed by atoms with Crippen LogP contribution < -0.4 is 10.6 Å². The first-order chi connectivity index (χ1) is 9.63. The molecule has 6 heteroatoms. The fourth-order valence-corrected chi connectivity index (χ4v) is 3.04. The number of urea groups is 1. The van der Waals surface area contributed by atoms with E-state index in [0.717, 1.165) is 29.6 Å². The van der Waals surface area contributed by atoms with Gasteiger partial charge in [0.25, 0.3) is 0 Å². The van der Waals surface area contributed by atoms with Crippen molar-refractivity contribution in [3.05, 3.63) is 35.9 Å². The highest BCUT2D eigenvalue weighted by Gasteiger charge is 2.17. The number of amides is 2. The minimum Gasteiger partial charge on any atom is -0.478 e. The number of carbonyl (C=O) groups excluding carboxylic acids is 1. The van der Waals surface area contributed by atoms with Gasteiger partial charge in [-0.15, -0.1) is 0 Å². The van der Waals surface area contributed by atoms with E-state index in [1.165, 1.54) is 6.08 Å². The summed E-state index contributed by atoms with van der Waals surface area (Å²) in [6.07, 6.45) is 3.55. The SMILES string of the molecule is O=C(O)/C=C/c1cccc(NC(=O)NC2CCSC2)c1. The summed E-state index contributed by atoms with van der Waals surface area (Å²) >= 11 is 1.83. The van der Waals surface area contributed by atoms with Crippen LogP contribution in [-0.4, -0.2) is 34.7 Å². The van der Waals surface area contributed by atoms with Gasteiger partial charge in [-0.05, 0) is 35.9 Å². The van der Waals surface area contributed by atoms with Crippen molar-refractivity contribution in [2.24, 2.45) is 0 Å². The van der Waals surface area contributed by atoms with Crippen LogP contribution in [0.25, 0.3) is 6.08 Å². The van der Waals surface area contributed by atoms with E-state index >= 15 is 0 Å². The third-order valence-electron chi connectivity index (χ3n) is 2.83. The topological polar surface area (TPSA) is 78.4 Å². The first-order valence-corrected chi connectivity index (χ1v) is 7.45. The van der Waals surface area contributed by atoms with E-state index in [9.17, 15) is 9.59 Å². The molecule has 0 radical (unpaired) electrons. The quantitative estimate of drug-likeness (QED) is 0.745. The van der Waals surface area contributed by atoms with Gasteiger partial charge in [-0.3, -0.25) is 0 Å². The van der Waals surface area contributed by atoms with Crippen molar-refractivity contribution in [3.63, 3.8) is 0 Å². The van der Waals surface area contributed by atoms with Gasteiger partial charge >= 0.3 is 12.0 Å². The molecule has 0 saturated carbocycles. The van der Waals surface area contributed by atoms with Crippen LogP contribution in [0.15, 0.2) is 30.3 Å². The molecule has 1 aromatic rings. The van der Waals surface area contributed by atoms with Gasteiger partial charge in [0, 0.05) is 23.6 Å². The van der Waals surface area contributed by atoms with Crippen LogP contribution in [-0.2, 0) is 4.79 Å². The van der Waals surface area contributed by atoms with Crippen molar-refractivity contribution in [2.45, 2.75) is 12.5 Å². The van der Waals surface area contributed by atoms with Crippen molar-refractivity contribution in [2.75, 3.05) is 16.8 Å². The Kier molecular flexibility index (Phi) is 5.06. The summed E-state index contributed by atoms with van der Waals surface area (Å²) in [6.45, 7) is 0. The van der Waals surface area contributed by atoms with Crippen LogP contribution in [0.2, 0.25) is 0 Å². The summed E-state index contributed by atoms with van der Waals surface area (Å²) in [5, 5.41) is 14.3. The number of carboxylic acid groups (broad SMARTS) is 1. The summed E-state index contributed by atoms with van der Waals surface area (Å²) < 4.78 is 0. The van der Waals surface area contributed by atoms with Crippen LogP contribution in [0.3, 0.4) is 0 Å². The fourth-order valence-electron chi connectivity index (χ4n) is 1.89. The number of anilines is 1. The Labute approximate surface area is 121 Å². The molecule has 106 valence electrons. The Bertz CT molecular complexity index is 525. The minimum atomic E-state index is -1.00. The Hall–Kier alpha value is -1.95. The van der Waals surface area contributed by atoms with Gasteiger partial charge < -0.3 is 15.7 Å². The second kappa shape index (κ2) is 7.00. The molecule has 1 atom stereocenters. The predicted octanol–water partition coefficient (Wildman–Crippen LogP) is 2.41. The highest BCUT2D eigenvalue weighted by Crippen LogP contribution is 2.17. The molecule has 1 saturated heterocycles. The molecule has 1 fully saturated rings. The lowest BCUT2D eigenvalue weighted by molar-refractivity contribution is -0.131. The van der Waals surface area contributed by atoms with Gasteiger partial charge in [0.15, 0.2) is 0 Å². The van der Waals surface area contributed by atoms with Crippen LogP contribution in [0.5, 0.6) is 0 Å². The highest BCUT2D eigenvalue weighted by molar-refractivity contribution is 7.99. The number of benzene rings is 1. The van der Waals surface area contributed by atoms with E-state index in [-0.39, 0.29) is 12.1 Å². The smallest absolute Gasteiger partial charge is 0.328 e. The first-order valence-electron chi connectivity index (χ1n) is 6.30. The third kappa shape index (κ3) is 4.62. The molecule has 0 bridgehead atoms. The lowest BCUT2D eigenvalue weighted by atomic mass is 10.2. The van der Waals surface area contributed by atoms with Crippen molar-refractivity contribution < 1.29 is 14.7 Å². The molecule has 0 aliphatic carbocycles. The molecule has 1 heterocycles. The average molecular weight is 292 g/mol. The van der Waals surface area contributed by atoms with E-state index in [4.69, 9.17) is 5.11 Å². The Balaban J connectivity index is 1.93. The summed E-state index contributed by atoms with van der Waals surface area (Å²) in [5.41, 5.74) is 1.36. The standard InChI is InChI=1S/C14H16N2O3S/c17-13(18)5-4-10-2-1-3-11(8-10)15-14(19)16-12-6-7-20-9-12/h1-5,8,12H,6-7,9H2,(H,17,18)(H2,15,16,19)/b5-4+. The molecule has 0 aromatic heterocycles. The molecule has 0 spiro atoms. The Morgan fingerprint density at radius 3 is 2.95 bits per heavy atom. The number of hydrogen-bond acceptors (Lipinski definition) is 3. The summed E-state index contributed by atoms with van der Waals surface area (Å²) in [4.78, 5) is 22.3. The number of thioether (sulfide) groups is 1. The van der Waals surface area contributed by atoms with Crippen LogP contribution in [0, 0.1) is 0 Å². The molecule has 3 N–H and O–H groups in total. The maximum Gasteiger partial charge on any atom is 0.328 e. The zero-order chi connectivity index (χ0) is 14.4. The monoisotopic (exact) mass is 292 g/mol. The normalized spacial score (nSPS) is 18.1. The molecular weight excluding hydrogens is 276 g/mol. The number of carboxylic acids is 1. The zero-order valence-corrected chi connectivity index (χ0v) is 11.7. The van der Waals surface area contributed by atoms with Gasteiger partial charge in [0.05, 0.1) is 0 Å². The fraction of sp³-hybridized carbons (Fsp3) is 0.286. The second-order valence-electron chi connectivity index (χ2n) is 4.46. The van der Waals surface area contributed by atoms with E-state index in [0.29, 0.717) is 5.69 Å². The molecule has 1 aliphatic rings. The largest absolute Gasteiger partial charge is 0.478 e. The minimum absolute atomic E-state index is 0.225. The van der Waals surface area contributed by atoms with Gasteiger partial charge in [0.2, 0.25) is 0 Å². The molecular formula is C14H16N2O3S. The zero-order valence-electron chi connectivity index (χ0n) is 10.8. The molecule has 1 unspecified atom stereocenters. The highest BCUT2D eigenvalue weighted by atomic mass is 32.2. The Morgan fingerprint density at radius 1 is 1.40 bits per heavy atom. The van der Waals surface area contributed by atoms with Gasteiger partial charge in [-0.2, -0.15) is 11.8 Å². The van der Waals surface area contributed by atoms with E-state index < -0.39 is 5.97 Å². The maximum atomic E-state index is 11.8.